The van der Waals surface area contributed by atoms with Crippen LogP contribution in [0.4, 0.5) is 13.2 Å². The van der Waals surface area contributed by atoms with Gasteiger partial charge in [-0.25, -0.2) is 0 Å². The van der Waals surface area contributed by atoms with E-state index in [-0.39, 0.29) is 15.6 Å². The zero-order valence-corrected chi connectivity index (χ0v) is 15.9. The van der Waals surface area contributed by atoms with Crippen molar-refractivity contribution in [3.8, 4) is 5.69 Å². The monoisotopic (exact) mass is 457 g/mol. The molecule has 1 N–H and O–H groups in total. The number of benzene rings is 1. The molecule has 3 rings (SSSR count). The zero-order valence-electron chi connectivity index (χ0n) is 12.0. The molecule has 0 bridgehead atoms. The number of halogens is 6. The van der Waals surface area contributed by atoms with Crippen LogP contribution < -0.4 is 0 Å². The Morgan fingerprint density at radius 1 is 1.21 bits per heavy atom. The molecular weight excluding hydrogens is 450 g/mol. The Kier molecular flexibility index (Phi) is 4.45. The van der Waals surface area contributed by atoms with Crippen LogP contribution in [0.3, 0.4) is 0 Å². The van der Waals surface area contributed by atoms with Crippen LogP contribution >= 0.6 is 50.5 Å². The Morgan fingerprint density at radius 2 is 1.79 bits per heavy atom. The van der Waals surface area contributed by atoms with Crippen LogP contribution in [0.25, 0.3) is 15.9 Å². The molecule has 0 fully saturated rings. The van der Waals surface area contributed by atoms with Gasteiger partial charge in [0.25, 0.3) is 0 Å². The number of aromatic nitrogens is 1. The fourth-order valence-corrected chi connectivity index (χ4v) is 4.71. The van der Waals surface area contributed by atoms with E-state index >= 15 is 0 Å². The van der Waals surface area contributed by atoms with Crippen molar-refractivity contribution in [2.75, 3.05) is 0 Å². The summed E-state index contributed by atoms with van der Waals surface area (Å²) in [6.45, 7) is 0.731. The van der Waals surface area contributed by atoms with E-state index in [9.17, 15) is 18.3 Å². The van der Waals surface area contributed by atoms with Crippen molar-refractivity contribution in [3.63, 3.8) is 0 Å². The van der Waals surface area contributed by atoms with Crippen molar-refractivity contribution in [1.82, 2.24) is 4.57 Å². The maximum absolute atomic E-state index is 13.3. The molecule has 3 aromatic rings. The predicted molar refractivity (Wildman–Crippen MR) is 94.5 cm³/mol. The molecule has 0 amide bonds. The maximum Gasteiger partial charge on any atom is 0.421 e. The topological polar surface area (TPSA) is 25.2 Å². The summed E-state index contributed by atoms with van der Waals surface area (Å²) in [4.78, 5) is 0.514. The van der Waals surface area contributed by atoms with Crippen molar-refractivity contribution >= 4 is 60.7 Å². The number of thiophene rings is 1. The standard InChI is InChI=1S/C15H9BrCl2F3NOS/c1-14(23,15(19,20)21)9-6-22(13-8(9)2-3-24-13)12-10(17)4-7(16)5-11(12)18/h2-6,23H,1H3. The van der Waals surface area contributed by atoms with Crippen molar-refractivity contribution in [2.24, 2.45) is 0 Å². The highest BCUT2D eigenvalue weighted by Crippen LogP contribution is 2.45. The lowest BCUT2D eigenvalue weighted by atomic mass is 9.96. The summed E-state index contributed by atoms with van der Waals surface area (Å²) in [5.74, 6) is 0. The van der Waals surface area contributed by atoms with Crippen molar-refractivity contribution in [1.29, 1.82) is 0 Å². The summed E-state index contributed by atoms with van der Waals surface area (Å²) in [5.41, 5.74) is -2.88. The lowest BCUT2D eigenvalue weighted by Crippen LogP contribution is -2.39. The van der Waals surface area contributed by atoms with Gasteiger partial charge in [-0.2, -0.15) is 13.2 Å². The quantitative estimate of drug-likeness (QED) is 0.463. The summed E-state index contributed by atoms with van der Waals surface area (Å²) in [7, 11) is 0. The minimum absolute atomic E-state index is 0.249. The lowest BCUT2D eigenvalue weighted by Gasteiger charge is -2.25. The molecule has 2 aromatic heterocycles. The summed E-state index contributed by atoms with van der Waals surface area (Å²) >= 11 is 17.0. The van der Waals surface area contributed by atoms with Crippen molar-refractivity contribution < 1.29 is 18.3 Å². The maximum atomic E-state index is 13.3. The predicted octanol–water partition coefficient (Wildman–Crippen LogP) is 6.53. The van der Waals surface area contributed by atoms with E-state index in [0.29, 0.717) is 20.4 Å². The van der Waals surface area contributed by atoms with E-state index in [0.717, 1.165) is 6.92 Å². The van der Waals surface area contributed by atoms with Crippen LogP contribution in [0.2, 0.25) is 10.0 Å². The Morgan fingerprint density at radius 3 is 2.33 bits per heavy atom. The molecule has 1 unspecified atom stereocenters. The number of rotatable bonds is 2. The van der Waals surface area contributed by atoms with Crippen LogP contribution in [0.1, 0.15) is 12.5 Å². The third kappa shape index (κ3) is 2.76. The van der Waals surface area contributed by atoms with Crippen LogP contribution in [-0.2, 0) is 5.60 Å². The summed E-state index contributed by atoms with van der Waals surface area (Å²) < 4.78 is 41.9. The molecule has 0 saturated carbocycles. The number of hydrogen-bond donors (Lipinski definition) is 1. The number of hydrogen-bond acceptors (Lipinski definition) is 2. The van der Waals surface area contributed by atoms with Gasteiger partial charge in [-0.05, 0) is 30.5 Å². The normalized spacial score (nSPS) is 15.0. The Balaban J connectivity index is 2.32. The van der Waals surface area contributed by atoms with Crippen LogP contribution in [0.5, 0.6) is 0 Å². The largest absolute Gasteiger partial charge is 0.421 e. The van der Waals surface area contributed by atoms with E-state index in [1.165, 1.54) is 28.2 Å². The zero-order chi connectivity index (χ0) is 17.9. The molecule has 2 nitrogen and oxygen atoms in total. The lowest BCUT2D eigenvalue weighted by molar-refractivity contribution is -0.258. The van der Waals surface area contributed by atoms with Gasteiger partial charge in [0.05, 0.1) is 15.7 Å². The summed E-state index contributed by atoms with van der Waals surface area (Å²) in [6.07, 6.45) is -3.59. The Bertz CT molecular complexity index is 910. The molecule has 0 radical (unpaired) electrons. The molecule has 0 aliphatic carbocycles. The van der Waals surface area contributed by atoms with Gasteiger partial charge in [-0.15, -0.1) is 11.3 Å². The molecule has 2 heterocycles. The van der Waals surface area contributed by atoms with Gasteiger partial charge in [0.15, 0.2) is 5.60 Å². The first-order chi connectivity index (χ1) is 11.0. The van der Waals surface area contributed by atoms with Crippen molar-refractivity contribution in [3.05, 3.63) is 49.9 Å². The van der Waals surface area contributed by atoms with Gasteiger partial charge in [-0.1, -0.05) is 39.1 Å². The Hall–Kier alpha value is -0.730. The molecule has 0 saturated heterocycles. The fraction of sp³-hybridized carbons (Fsp3) is 0.200. The first-order valence-electron chi connectivity index (χ1n) is 6.57. The van der Waals surface area contributed by atoms with Gasteiger partial charge < -0.3 is 9.67 Å². The first-order valence-corrected chi connectivity index (χ1v) is 9.00. The average molecular weight is 459 g/mol. The van der Waals surface area contributed by atoms with Gasteiger partial charge >= 0.3 is 6.18 Å². The van der Waals surface area contributed by atoms with E-state index in [2.05, 4.69) is 15.9 Å². The first kappa shape index (κ1) is 18.1. The third-order valence-corrected chi connectivity index (χ3v) is 5.66. The molecule has 1 atom stereocenters. The SMILES string of the molecule is CC(O)(c1cn(-c2c(Cl)cc(Br)cc2Cl)c2sccc12)C(F)(F)F. The van der Waals surface area contributed by atoms with Crippen LogP contribution in [-0.4, -0.2) is 15.8 Å². The van der Waals surface area contributed by atoms with Crippen molar-refractivity contribution in [2.45, 2.75) is 18.7 Å². The third-order valence-electron chi connectivity index (χ3n) is 3.71. The van der Waals surface area contributed by atoms with E-state index in [4.69, 9.17) is 23.2 Å². The summed E-state index contributed by atoms with van der Waals surface area (Å²) in [6, 6.07) is 4.74. The van der Waals surface area contributed by atoms with Gasteiger partial charge in [0.1, 0.15) is 4.83 Å². The minimum atomic E-state index is -4.82. The van der Waals surface area contributed by atoms with E-state index < -0.39 is 11.8 Å². The number of aliphatic hydroxyl groups is 1. The highest BCUT2D eigenvalue weighted by atomic mass is 79.9. The smallest absolute Gasteiger partial charge is 0.376 e. The Labute approximate surface area is 157 Å². The highest BCUT2D eigenvalue weighted by Gasteiger charge is 2.52. The minimum Gasteiger partial charge on any atom is -0.376 e. The molecule has 1 aromatic carbocycles. The molecule has 0 spiro atoms. The number of fused-ring (bicyclic) bond motifs is 1. The van der Waals surface area contributed by atoms with Gasteiger partial charge in [0.2, 0.25) is 0 Å². The highest BCUT2D eigenvalue weighted by molar-refractivity contribution is 9.10. The molecule has 0 aliphatic rings. The summed E-state index contributed by atoms with van der Waals surface area (Å²) in [5, 5.41) is 12.6. The number of nitrogens with zero attached hydrogens (tertiary/aromatic N) is 1. The molecule has 24 heavy (non-hydrogen) atoms. The number of alkyl halides is 3. The van der Waals surface area contributed by atoms with Gasteiger partial charge in [-0.3, -0.25) is 0 Å². The molecule has 0 aliphatic heterocycles. The molecule has 128 valence electrons. The van der Waals surface area contributed by atoms with Crippen LogP contribution in [0.15, 0.2) is 34.2 Å². The molecular formula is C15H9BrCl2F3NOS. The second-order valence-corrected chi connectivity index (χ2v) is 7.96. The second kappa shape index (κ2) is 5.92. The molecule has 9 heteroatoms. The van der Waals surface area contributed by atoms with E-state index in [1.807, 2.05) is 0 Å². The average Bonchev–Trinajstić information content (AvgIpc) is 2.99. The van der Waals surface area contributed by atoms with Crippen LogP contribution in [0, 0.1) is 0 Å². The van der Waals surface area contributed by atoms with Gasteiger partial charge in [0, 0.05) is 21.6 Å². The van der Waals surface area contributed by atoms with E-state index in [1.54, 1.807) is 17.5 Å². The fourth-order valence-electron chi connectivity index (χ4n) is 2.42. The second-order valence-electron chi connectivity index (χ2n) is 5.34.